The fourth-order valence-corrected chi connectivity index (χ4v) is 2.82. The van der Waals surface area contributed by atoms with Gasteiger partial charge in [-0.15, -0.1) is 0 Å². The molecule has 2 aliphatic rings. The Labute approximate surface area is 127 Å². The van der Waals surface area contributed by atoms with Gasteiger partial charge in [0.1, 0.15) is 6.04 Å². The number of nitrogens with one attached hydrogen (secondary N) is 1. The molecule has 2 amide bonds. The van der Waals surface area contributed by atoms with Gasteiger partial charge in [-0.05, 0) is 26.2 Å². The molecule has 0 spiro atoms. The number of carbonyl (C=O) groups is 2. The molecule has 2 saturated heterocycles. The van der Waals surface area contributed by atoms with Gasteiger partial charge in [0.05, 0.1) is 13.7 Å². The lowest BCUT2D eigenvalue weighted by Crippen LogP contribution is -2.53. The monoisotopic (exact) mass is 300 g/mol. The van der Waals surface area contributed by atoms with Crippen molar-refractivity contribution in [1.29, 1.82) is 0 Å². The maximum atomic E-state index is 12.6. The molecule has 122 valence electrons. The van der Waals surface area contributed by atoms with E-state index in [-0.39, 0.29) is 17.9 Å². The first-order valence-electron chi connectivity index (χ1n) is 7.86. The highest BCUT2D eigenvalue weighted by Gasteiger charge is 2.38. The molecule has 0 bridgehead atoms. The summed E-state index contributed by atoms with van der Waals surface area (Å²) in [5, 5.41) is 2.67. The third-order valence-electron chi connectivity index (χ3n) is 4.00. The zero-order valence-electron chi connectivity index (χ0n) is 13.6. The molecule has 1 N–H and O–H groups in total. The number of amides is 2. The van der Waals surface area contributed by atoms with E-state index in [0.29, 0.717) is 13.2 Å². The largest absolute Gasteiger partial charge is 0.453 e. The lowest BCUT2D eigenvalue weighted by Gasteiger charge is -2.29. The van der Waals surface area contributed by atoms with Crippen LogP contribution < -0.4 is 5.32 Å². The van der Waals surface area contributed by atoms with Crippen LogP contribution in [0.1, 0.15) is 40.0 Å². The number of hydrogen-bond acceptors (Lipinski definition) is 4. The van der Waals surface area contributed by atoms with Crippen molar-refractivity contribution >= 4 is 12.0 Å². The fraction of sp³-hybridized carbons (Fsp3) is 0.867. The molecular weight excluding hydrogens is 272 g/mol. The van der Waals surface area contributed by atoms with Crippen LogP contribution in [-0.4, -0.2) is 55.9 Å². The molecule has 0 radical (unpaired) electrons. The van der Waals surface area contributed by atoms with E-state index in [0.717, 1.165) is 25.8 Å². The first-order valence-corrected chi connectivity index (χ1v) is 7.86. The van der Waals surface area contributed by atoms with Gasteiger partial charge in [-0.2, -0.15) is 0 Å². The van der Waals surface area contributed by atoms with E-state index in [1.54, 1.807) is 0 Å². The van der Waals surface area contributed by atoms with Gasteiger partial charge in [-0.25, -0.2) is 4.79 Å². The zero-order valence-corrected chi connectivity index (χ0v) is 13.6. The second-order valence-electron chi connectivity index (χ2n) is 5.26. The number of hydrogen-bond donors (Lipinski definition) is 1. The first kappa shape index (κ1) is 17.8. The van der Waals surface area contributed by atoms with E-state index in [9.17, 15) is 9.59 Å². The van der Waals surface area contributed by atoms with Crippen LogP contribution in [0.2, 0.25) is 0 Å². The summed E-state index contributed by atoms with van der Waals surface area (Å²) in [4.78, 5) is 25.9. The van der Waals surface area contributed by atoms with E-state index < -0.39 is 12.1 Å². The van der Waals surface area contributed by atoms with Crippen LogP contribution in [0.15, 0.2) is 0 Å². The summed E-state index contributed by atoms with van der Waals surface area (Å²) in [6.45, 7) is 7.98. The Balaban J connectivity index is 0.00000106. The molecular formula is C15H28N2O4. The Morgan fingerprint density at radius 1 is 1.33 bits per heavy atom. The van der Waals surface area contributed by atoms with Crippen molar-refractivity contribution in [2.45, 2.75) is 52.1 Å². The minimum absolute atomic E-state index is 0.00843. The van der Waals surface area contributed by atoms with Crippen molar-refractivity contribution in [1.82, 2.24) is 10.2 Å². The Kier molecular flexibility index (Phi) is 7.50. The minimum atomic E-state index is -0.558. The van der Waals surface area contributed by atoms with Gasteiger partial charge >= 0.3 is 6.09 Å². The number of carbonyl (C=O) groups excluding carboxylic acids is 2. The maximum absolute atomic E-state index is 12.6. The van der Waals surface area contributed by atoms with Crippen LogP contribution in [0.4, 0.5) is 4.79 Å². The van der Waals surface area contributed by atoms with E-state index in [2.05, 4.69) is 10.1 Å². The van der Waals surface area contributed by atoms with E-state index in [1.807, 2.05) is 25.7 Å². The Morgan fingerprint density at radius 3 is 2.52 bits per heavy atom. The third kappa shape index (κ3) is 4.59. The van der Waals surface area contributed by atoms with E-state index in [1.165, 1.54) is 7.11 Å². The predicted octanol–water partition coefficient (Wildman–Crippen LogP) is 1.78. The maximum Gasteiger partial charge on any atom is 0.407 e. The molecule has 2 rings (SSSR count). The Bertz CT molecular complexity index is 343. The summed E-state index contributed by atoms with van der Waals surface area (Å²) in [5.41, 5.74) is 0. The van der Waals surface area contributed by atoms with Gasteiger partial charge in [0, 0.05) is 25.1 Å². The minimum Gasteiger partial charge on any atom is -0.453 e. The molecule has 6 heteroatoms. The molecule has 2 heterocycles. The summed E-state index contributed by atoms with van der Waals surface area (Å²) in [5.74, 6) is 0.0327. The van der Waals surface area contributed by atoms with Crippen molar-refractivity contribution in [2.24, 2.45) is 5.92 Å². The zero-order chi connectivity index (χ0) is 15.8. The molecule has 0 aromatic carbocycles. The van der Waals surface area contributed by atoms with Crippen LogP contribution in [0, 0.1) is 5.92 Å². The molecule has 3 atom stereocenters. The number of nitrogens with zero attached hydrogens (tertiary/aromatic N) is 1. The molecule has 2 aliphatic heterocycles. The van der Waals surface area contributed by atoms with Crippen molar-refractivity contribution in [3.05, 3.63) is 0 Å². The van der Waals surface area contributed by atoms with Crippen molar-refractivity contribution in [3.8, 4) is 0 Å². The molecule has 0 aromatic rings. The summed E-state index contributed by atoms with van der Waals surface area (Å²) in [6.07, 6.45) is 2.29. The lowest BCUT2D eigenvalue weighted by molar-refractivity contribution is -0.135. The van der Waals surface area contributed by atoms with Crippen LogP contribution in [0.5, 0.6) is 0 Å². The van der Waals surface area contributed by atoms with Crippen molar-refractivity contribution in [3.63, 3.8) is 0 Å². The van der Waals surface area contributed by atoms with E-state index in [4.69, 9.17) is 4.74 Å². The topological polar surface area (TPSA) is 67.9 Å². The fourth-order valence-electron chi connectivity index (χ4n) is 2.82. The molecule has 21 heavy (non-hydrogen) atoms. The van der Waals surface area contributed by atoms with Gasteiger partial charge in [-0.1, -0.05) is 13.8 Å². The summed E-state index contributed by atoms with van der Waals surface area (Å²) in [6, 6.07) is -0.285. The van der Waals surface area contributed by atoms with Gasteiger partial charge in [0.2, 0.25) is 5.91 Å². The lowest BCUT2D eigenvalue weighted by atomic mass is 9.97. The number of likely N-dealkylation sites (tertiary alicyclic amines) is 1. The average molecular weight is 300 g/mol. The first-order chi connectivity index (χ1) is 10.1. The average Bonchev–Trinajstić information content (AvgIpc) is 3.17. The smallest absolute Gasteiger partial charge is 0.407 e. The second kappa shape index (κ2) is 8.87. The summed E-state index contributed by atoms with van der Waals surface area (Å²) < 4.78 is 9.95. The second-order valence-corrected chi connectivity index (χ2v) is 5.26. The number of ether oxygens (including phenoxy) is 2. The van der Waals surface area contributed by atoms with Gasteiger partial charge in [0.15, 0.2) is 0 Å². The van der Waals surface area contributed by atoms with Crippen LogP contribution in [0.3, 0.4) is 0 Å². The third-order valence-corrected chi connectivity index (χ3v) is 4.00. The highest BCUT2D eigenvalue weighted by Crippen LogP contribution is 2.23. The predicted molar refractivity (Wildman–Crippen MR) is 80.0 cm³/mol. The molecule has 2 fully saturated rings. The molecule has 0 aliphatic carbocycles. The summed E-state index contributed by atoms with van der Waals surface area (Å²) >= 11 is 0. The Hall–Kier alpha value is -1.30. The highest BCUT2D eigenvalue weighted by molar-refractivity contribution is 5.86. The summed E-state index contributed by atoms with van der Waals surface area (Å²) in [7, 11) is 1.31. The molecule has 6 nitrogen and oxygen atoms in total. The van der Waals surface area contributed by atoms with Gasteiger partial charge < -0.3 is 19.7 Å². The van der Waals surface area contributed by atoms with Crippen molar-refractivity contribution in [2.75, 3.05) is 26.9 Å². The van der Waals surface area contributed by atoms with Crippen molar-refractivity contribution < 1.29 is 19.1 Å². The van der Waals surface area contributed by atoms with E-state index >= 15 is 0 Å². The van der Waals surface area contributed by atoms with Gasteiger partial charge in [-0.3, -0.25) is 4.79 Å². The standard InChI is InChI=1S/C13H22N2O4.C2H6/c1-9-4-3-6-15(9)12(16)11(14-13(17)18-2)10-5-7-19-8-10;1-2/h9-11H,3-8H2,1-2H3,(H,14,17);1-2H3. The number of alkyl carbamates (subject to hydrolysis) is 1. The van der Waals surface area contributed by atoms with Crippen LogP contribution in [-0.2, 0) is 14.3 Å². The number of rotatable bonds is 3. The molecule has 3 unspecified atom stereocenters. The SMILES string of the molecule is CC.COC(=O)NC(C(=O)N1CCCC1C)C1CCOC1. The molecule has 0 saturated carbocycles. The van der Waals surface area contributed by atoms with Crippen LogP contribution in [0.25, 0.3) is 0 Å². The quantitative estimate of drug-likeness (QED) is 0.863. The van der Waals surface area contributed by atoms with Crippen LogP contribution >= 0.6 is 0 Å². The molecule has 0 aromatic heterocycles. The van der Waals surface area contributed by atoms with Gasteiger partial charge in [0.25, 0.3) is 0 Å². The highest BCUT2D eigenvalue weighted by atomic mass is 16.5. The normalized spacial score (nSPS) is 25.8. The number of methoxy groups -OCH3 is 1. The Morgan fingerprint density at radius 2 is 2.05 bits per heavy atom.